The number of carboxylic acids is 1. The predicted molar refractivity (Wildman–Crippen MR) is 75.6 cm³/mol. The molecule has 0 saturated carbocycles. The van der Waals surface area contributed by atoms with Crippen molar-refractivity contribution in [2.75, 3.05) is 5.75 Å². The molecule has 0 aliphatic rings. The van der Waals surface area contributed by atoms with E-state index in [-0.39, 0.29) is 11.7 Å². The number of hydrogen-bond acceptors (Lipinski definition) is 5. The maximum absolute atomic E-state index is 11.5. The number of carboxylic acid groups (broad SMARTS) is 1. The van der Waals surface area contributed by atoms with Crippen molar-refractivity contribution in [2.24, 2.45) is 0 Å². The molecule has 100 valence electrons. The summed E-state index contributed by atoms with van der Waals surface area (Å²) >= 11 is 2.83. The zero-order valence-electron chi connectivity index (χ0n) is 10.1. The third-order valence-electron chi connectivity index (χ3n) is 2.35. The fraction of sp³-hybridized carbons (Fsp3) is 0.250. The van der Waals surface area contributed by atoms with Crippen LogP contribution in [0.15, 0.2) is 28.6 Å². The molecule has 1 amide bonds. The van der Waals surface area contributed by atoms with Crippen LogP contribution < -0.4 is 5.32 Å². The number of nitrogens with one attached hydrogen (secondary N) is 1. The molecule has 2 aromatic rings. The van der Waals surface area contributed by atoms with Gasteiger partial charge in [-0.05, 0) is 19.1 Å². The Hall–Kier alpha value is -1.60. The molecule has 1 aromatic heterocycles. The number of rotatable bonds is 5. The van der Waals surface area contributed by atoms with Gasteiger partial charge in [-0.25, -0.2) is 4.98 Å². The van der Waals surface area contributed by atoms with Crippen LogP contribution in [0.2, 0.25) is 0 Å². The first kappa shape index (κ1) is 13.8. The Morgan fingerprint density at radius 2 is 2.21 bits per heavy atom. The van der Waals surface area contributed by atoms with E-state index < -0.39 is 12.0 Å². The molecule has 2 rings (SSSR count). The summed E-state index contributed by atoms with van der Waals surface area (Å²) < 4.78 is 1.88. The lowest BCUT2D eigenvalue weighted by atomic mass is 10.3. The average molecular weight is 296 g/mol. The Morgan fingerprint density at radius 3 is 2.89 bits per heavy atom. The highest BCUT2D eigenvalue weighted by molar-refractivity contribution is 8.01. The molecule has 0 fully saturated rings. The number of amides is 1. The van der Waals surface area contributed by atoms with E-state index in [1.165, 1.54) is 30.0 Å². The van der Waals surface area contributed by atoms with Gasteiger partial charge in [-0.1, -0.05) is 23.9 Å². The van der Waals surface area contributed by atoms with Crippen molar-refractivity contribution in [1.82, 2.24) is 10.3 Å². The number of fused-ring (bicyclic) bond motifs is 1. The molecule has 0 aliphatic heterocycles. The van der Waals surface area contributed by atoms with Crippen LogP contribution in [0.1, 0.15) is 6.92 Å². The number of thioether (sulfide) groups is 1. The molecule has 19 heavy (non-hydrogen) atoms. The van der Waals surface area contributed by atoms with Crippen LogP contribution in [0.3, 0.4) is 0 Å². The summed E-state index contributed by atoms with van der Waals surface area (Å²) in [5.41, 5.74) is 0.911. The van der Waals surface area contributed by atoms with Gasteiger partial charge < -0.3 is 10.4 Å². The highest BCUT2D eigenvalue weighted by Gasteiger charge is 2.14. The summed E-state index contributed by atoms with van der Waals surface area (Å²) in [4.78, 5) is 26.5. The van der Waals surface area contributed by atoms with Gasteiger partial charge in [-0.15, -0.1) is 11.3 Å². The smallest absolute Gasteiger partial charge is 0.325 e. The molecule has 1 atom stereocenters. The second-order valence-electron chi connectivity index (χ2n) is 3.86. The minimum absolute atomic E-state index is 0.164. The van der Waals surface area contributed by atoms with E-state index in [4.69, 9.17) is 5.11 Å². The van der Waals surface area contributed by atoms with Crippen molar-refractivity contribution in [3.63, 3.8) is 0 Å². The maximum atomic E-state index is 11.5. The number of carbonyl (C=O) groups is 2. The molecule has 0 saturated heterocycles. The molecule has 7 heteroatoms. The molecule has 0 radical (unpaired) electrons. The number of para-hydroxylation sites is 1. The molecule has 1 heterocycles. The van der Waals surface area contributed by atoms with Crippen LogP contribution in [-0.4, -0.2) is 33.8 Å². The third kappa shape index (κ3) is 3.68. The van der Waals surface area contributed by atoms with Crippen LogP contribution in [-0.2, 0) is 9.59 Å². The monoisotopic (exact) mass is 296 g/mol. The number of benzene rings is 1. The molecule has 5 nitrogen and oxygen atoms in total. The van der Waals surface area contributed by atoms with E-state index in [9.17, 15) is 9.59 Å². The van der Waals surface area contributed by atoms with E-state index in [0.717, 1.165) is 14.6 Å². The van der Waals surface area contributed by atoms with Gasteiger partial charge in [0.25, 0.3) is 0 Å². The highest BCUT2D eigenvalue weighted by Crippen LogP contribution is 2.28. The van der Waals surface area contributed by atoms with E-state index in [1.54, 1.807) is 0 Å². The molecule has 0 bridgehead atoms. The second-order valence-corrected chi connectivity index (χ2v) is 6.12. The molecule has 0 aliphatic carbocycles. The number of carbonyl (C=O) groups excluding carboxylic acids is 1. The number of aromatic nitrogens is 1. The van der Waals surface area contributed by atoms with Gasteiger partial charge in [0.2, 0.25) is 5.91 Å². The van der Waals surface area contributed by atoms with Gasteiger partial charge in [-0.2, -0.15) is 0 Å². The topological polar surface area (TPSA) is 79.3 Å². The van der Waals surface area contributed by atoms with Gasteiger partial charge in [0.15, 0.2) is 4.34 Å². The van der Waals surface area contributed by atoms with Gasteiger partial charge in [0.1, 0.15) is 6.04 Å². The quantitative estimate of drug-likeness (QED) is 0.825. The van der Waals surface area contributed by atoms with Crippen LogP contribution in [0.5, 0.6) is 0 Å². The van der Waals surface area contributed by atoms with Crippen molar-refractivity contribution < 1.29 is 14.7 Å². The van der Waals surface area contributed by atoms with E-state index in [1.807, 2.05) is 24.3 Å². The summed E-state index contributed by atoms with van der Waals surface area (Å²) in [5.74, 6) is -1.19. The Labute approximate surface area is 118 Å². The van der Waals surface area contributed by atoms with Crippen molar-refractivity contribution in [1.29, 1.82) is 0 Å². The molecule has 0 spiro atoms. The minimum Gasteiger partial charge on any atom is -0.480 e. The largest absolute Gasteiger partial charge is 0.480 e. The van der Waals surface area contributed by atoms with Crippen molar-refractivity contribution >= 4 is 45.2 Å². The highest BCUT2D eigenvalue weighted by atomic mass is 32.2. The van der Waals surface area contributed by atoms with Gasteiger partial charge in [0.05, 0.1) is 16.0 Å². The maximum Gasteiger partial charge on any atom is 0.325 e. The standard InChI is InChI=1S/C12H12N2O3S2/c1-7(11(16)17)13-10(15)6-18-12-14-8-4-2-3-5-9(8)19-12/h2-5,7H,6H2,1H3,(H,13,15)(H,16,17)/t7-/m0/s1. The van der Waals surface area contributed by atoms with Gasteiger partial charge in [-0.3, -0.25) is 9.59 Å². The summed E-state index contributed by atoms with van der Waals surface area (Å²) in [7, 11) is 0. The Morgan fingerprint density at radius 1 is 1.47 bits per heavy atom. The van der Waals surface area contributed by atoms with Crippen molar-refractivity contribution in [3.05, 3.63) is 24.3 Å². The van der Waals surface area contributed by atoms with Gasteiger partial charge >= 0.3 is 5.97 Å². The van der Waals surface area contributed by atoms with Crippen LogP contribution in [0.4, 0.5) is 0 Å². The van der Waals surface area contributed by atoms with E-state index in [0.29, 0.717) is 0 Å². The first-order valence-electron chi connectivity index (χ1n) is 5.57. The normalized spacial score (nSPS) is 12.3. The zero-order chi connectivity index (χ0) is 13.8. The van der Waals surface area contributed by atoms with Crippen molar-refractivity contribution in [3.8, 4) is 0 Å². The lowest BCUT2D eigenvalue weighted by molar-refractivity contribution is -0.140. The first-order chi connectivity index (χ1) is 9.06. The number of thiazole rings is 1. The Balaban J connectivity index is 1.91. The summed E-state index contributed by atoms with van der Waals surface area (Å²) in [6.45, 7) is 1.43. The predicted octanol–water partition coefficient (Wildman–Crippen LogP) is 1.98. The van der Waals surface area contributed by atoms with Crippen LogP contribution >= 0.6 is 23.1 Å². The average Bonchev–Trinajstić information content (AvgIpc) is 2.78. The number of aliphatic carboxylic acids is 1. The number of hydrogen-bond donors (Lipinski definition) is 2. The molecule has 1 aromatic carbocycles. The number of nitrogens with zero attached hydrogens (tertiary/aromatic N) is 1. The summed E-state index contributed by atoms with van der Waals surface area (Å²) in [6, 6.07) is 6.88. The minimum atomic E-state index is -1.04. The Kier molecular flexibility index (Phi) is 4.39. The summed E-state index contributed by atoms with van der Waals surface area (Å²) in [6.07, 6.45) is 0. The summed E-state index contributed by atoms with van der Waals surface area (Å²) in [5, 5.41) is 11.1. The van der Waals surface area contributed by atoms with Crippen LogP contribution in [0, 0.1) is 0 Å². The lowest BCUT2D eigenvalue weighted by Gasteiger charge is -2.07. The third-order valence-corrected chi connectivity index (χ3v) is 4.53. The Bertz CT molecular complexity index is 579. The molecule has 2 N–H and O–H groups in total. The second kappa shape index (κ2) is 6.03. The first-order valence-corrected chi connectivity index (χ1v) is 7.37. The molecule has 0 unspecified atom stereocenters. The lowest BCUT2D eigenvalue weighted by Crippen LogP contribution is -2.39. The fourth-order valence-electron chi connectivity index (χ4n) is 1.38. The zero-order valence-corrected chi connectivity index (χ0v) is 11.8. The van der Waals surface area contributed by atoms with E-state index in [2.05, 4.69) is 10.3 Å². The van der Waals surface area contributed by atoms with Gasteiger partial charge in [0, 0.05) is 0 Å². The SMILES string of the molecule is C[C@H](NC(=O)CSc1nc2ccccc2s1)C(=O)O. The van der Waals surface area contributed by atoms with E-state index >= 15 is 0 Å². The van der Waals surface area contributed by atoms with Crippen molar-refractivity contribution in [2.45, 2.75) is 17.3 Å². The molecular formula is C12H12N2O3S2. The fourth-order valence-corrected chi connectivity index (χ4v) is 3.26. The van der Waals surface area contributed by atoms with Crippen LogP contribution in [0.25, 0.3) is 10.2 Å². The molecular weight excluding hydrogens is 284 g/mol.